The maximum Gasteiger partial charge on any atom is 0.418 e. The molecule has 0 bridgehead atoms. The van der Waals surface area contributed by atoms with Crippen LogP contribution in [0.4, 0.5) is 36.8 Å². The van der Waals surface area contributed by atoms with Gasteiger partial charge in [-0.05, 0) is 36.8 Å². The van der Waals surface area contributed by atoms with Crippen molar-refractivity contribution in [2.45, 2.75) is 25.3 Å². The lowest BCUT2D eigenvalue weighted by Crippen LogP contribution is -2.35. The van der Waals surface area contributed by atoms with E-state index < -0.39 is 41.2 Å². The summed E-state index contributed by atoms with van der Waals surface area (Å²) in [5.41, 5.74) is -1.72. The predicted molar refractivity (Wildman–Crippen MR) is 121 cm³/mol. The van der Waals surface area contributed by atoms with Gasteiger partial charge in [-0.1, -0.05) is 47.6 Å². The summed E-state index contributed by atoms with van der Waals surface area (Å²) in [6.45, 7) is 1.55. The van der Waals surface area contributed by atoms with E-state index in [0.717, 1.165) is 42.6 Å². The van der Waals surface area contributed by atoms with Crippen LogP contribution in [0, 0.1) is 6.92 Å². The van der Waals surface area contributed by atoms with Gasteiger partial charge in [0, 0.05) is 11.8 Å². The largest absolute Gasteiger partial charge is 0.418 e. The number of carbonyl (C=O) groups is 1. The number of amides is 2. The minimum Gasteiger partial charge on any atom is -0.354 e. The number of aromatic nitrogens is 2. The quantitative estimate of drug-likeness (QED) is 0.278. The minimum atomic E-state index is -4.84. The Kier molecular flexibility index (Phi) is 6.92. The van der Waals surface area contributed by atoms with Gasteiger partial charge in [0.15, 0.2) is 5.76 Å². The van der Waals surface area contributed by atoms with Gasteiger partial charge in [-0.25, -0.2) is 4.79 Å². The Labute approximate surface area is 206 Å². The number of urea groups is 1. The first-order valence-electron chi connectivity index (χ1n) is 10.7. The van der Waals surface area contributed by atoms with Crippen molar-refractivity contribution >= 4 is 11.7 Å². The lowest BCUT2D eigenvalue weighted by Gasteiger charge is -2.23. The van der Waals surface area contributed by atoms with E-state index in [1.54, 1.807) is 37.3 Å². The van der Waals surface area contributed by atoms with Crippen LogP contribution in [0.1, 0.15) is 34.1 Å². The molecule has 192 valence electrons. The Hall–Kier alpha value is -4.35. The summed E-state index contributed by atoms with van der Waals surface area (Å²) in [5, 5.41) is 8.76. The Balaban J connectivity index is 1.71. The van der Waals surface area contributed by atoms with Crippen LogP contribution in [0.3, 0.4) is 0 Å². The third kappa shape index (κ3) is 5.74. The third-order valence-corrected chi connectivity index (χ3v) is 5.40. The second-order valence-electron chi connectivity index (χ2n) is 7.92. The molecular weight excluding hydrogens is 502 g/mol. The van der Waals surface area contributed by atoms with Crippen LogP contribution in [-0.4, -0.2) is 16.2 Å². The van der Waals surface area contributed by atoms with E-state index in [0.29, 0.717) is 11.3 Å². The number of benzene rings is 2. The summed E-state index contributed by atoms with van der Waals surface area (Å²) in [5.74, 6) is 0.216. The molecule has 0 saturated carbocycles. The summed E-state index contributed by atoms with van der Waals surface area (Å²) in [4.78, 5) is 16.8. The third-order valence-electron chi connectivity index (χ3n) is 5.40. The first kappa shape index (κ1) is 25.7. The van der Waals surface area contributed by atoms with Crippen LogP contribution >= 0.6 is 0 Å². The molecule has 0 aliphatic heterocycles. The average molecular weight is 520 g/mol. The maximum absolute atomic E-state index is 13.7. The maximum atomic E-state index is 13.7. The highest BCUT2D eigenvalue weighted by Gasteiger charge is 2.37. The van der Waals surface area contributed by atoms with E-state index in [1.807, 2.05) is 0 Å². The highest BCUT2D eigenvalue weighted by atomic mass is 19.4. The van der Waals surface area contributed by atoms with Gasteiger partial charge in [-0.2, -0.15) is 26.3 Å². The van der Waals surface area contributed by atoms with E-state index in [2.05, 4.69) is 20.8 Å². The van der Waals surface area contributed by atoms with E-state index in [-0.39, 0.29) is 17.0 Å². The first-order chi connectivity index (χ1) is 17.4. The number of carbonyl (C=O) groups excluding carboxylic acids is 1. The van der Waals surface area contributed by atoms with Gasteiger partial charge in [0.25, 0.3) is 0 Å². The zero-order valence-electron chi connectivity index (χ0n) is 19.0. The molecule has 0 spiro atoms. The van der Waals surface area contributed by atoms with Crippen LogP contribution in [0.2, 0.25) is 0 Å². The fourth-order valence-corrected chi connectivity index (χ4v) is 3.65. The number of rotatable bonds is 5. The van der Waals surface area contributed by atoms with Crippen molar-refractivity contribution in [3.8, 4) is 11.3 Å². The van der Waals surface area contributed by atoms with Crippen molar-refractivity contribution < 1.29 is 35.7 Å². The average Bonchev–Trinajstić information content (AvgIpc) is 3.22. The molecule has 2 aromatic carbocycles. The zero-order chi connectivity index (χ0) is 26.8. The fraction of sp³-hybridized carbons (Fsp3) is 0.160. The Bertz CT molecular complexity index is 1380. The molecular formula is C25H18F6N4O2. The van der Waals surface area contributed by atoms with E-state index in [1.165, 1.54) is 0 Å². The first-order valence-corrected chi connectivity index (χ1v) is 10.7. The monoisotopic (exact) mass is 520 g/mol. The van der Waals surface area contributed by atoms with Crippen molar-refractivity contribution in [3.63, 3.8) is 0 Å². The number of hydrogen-bond acceptors (Lipinski definition) is 4. The molecule has 0 unspecified atom stereocenters. The van der Waals surface area contributed by atoms with Crippen molar-refractivity contribution in [1.29, 1.82) is 0 Å². The van der Waals surface area contributed by atoms with Gasteiger partial charge in [-0.3, -0.25) is 4.98 Å². The predicted octanol–water partition coefficient (Wildman–Crippen LogP) is 6.99. The molecule has 6 nitrogen and oxygen atoms in total. The smallest absolute Gasteiger partial charge is 0.354 e. The second kappa shape index (κ2) is 9.96. The van der Waals surface area contributed by atoms with Gasteiger partial charge in [0.1, 0.15) is 11.4 Å². The Morgan fingerprint density at radius 1 is 0.892 bits per heavy atom. The molecule has 12 heteroatoms. The van der Waals surface area contributed by atoms with E-state index in [9.17, 15) is 31.1 Å². The van der Waals surface area contributed by atoms with Crippen molar-refractivity contribution in [2.75, 3.05) is 5.32 Å². The van der Waals surface area contributed by atoms with Crippen molar-refractivity contribution in [1.82, 2.24) is 15.5 Å². The summed E-state index contributed by atoms with van der Waals surface area (Å²) in [7, 11) is 0. The van der Waals surface area contributed by atoms with Crippen LogP contribution in [0.5, 0.6) is 0 Å². The van der Waals surface area contributed by atoms with Crippen LogP contribution in [-0.2, 0) is 12.4 Å². The molecule has 37 heavy (non-hydrogen) atoms. The molecule has 2 amide bonds. The SMILES string of the molecule is Cc1noc(-c2ccccc2)c1NC(=O)N[C@@H](c1ccc(C(F)(F)F)cc1)c1ncccc1C(F)(F)F. The topological polar surface area (TPSA) is 80.0 Å². The number of nitrogens with zero attached hydrogens (tertiary/aromatic N) is 2. The molecule has 0 aliphatic carbocycles. The number of nitrogens with one attached hydrogen (secondary N) is 2. The van der Waals surface area contributed by atoms with Crippen molar-refractivity contribution in [3.05, 3.63) is 101 Å². The lowest BCUT2D eigenvalue weighted by atomic mass is 9.98. The molecule has 0 radical (unpaired) electrons. The minimum absolute atomic E-state index is 0.0438. The van der Waals surface area contributed by atoms with Gasteiger partial charge in [-0.15, -0.1) is 0 Å². The van der Waals surface area contributed by atoms with Gasteiger partial charge >= 0.3 is 18.4 Å². The fourth-order valence-electron chi connectivity index (χ4n) is 3.65. The van der Waals surface area contributed by atoms with Gasteiger partial charge in [0.05, 0.1) is 22.9 Å². The number of anilines is 1. The highest BCUT2D eigenvalue weighted by Crippen LogP contribution is 2.37. The lowest BCUT2D eigenvalue weighted by molar-refractivity contribution is -0.139. The summed E-state index contributed by atoms with van der Waals surface area (Å²) in [6, 6.07) is 11.4. The highest BCUT2D eigenvalue weighted by molar-refractivity contribution is 5.94. The molecule has 2 heterocycles. The molecule has 0 saturated heterocycles. The number of aryl methyl sites for hydroxylation is 1. The van der Waals surface area contributed by atoms with Crippen molar-refractivity contribution in [2.24, 2.45) is 0 Å². The van der Waals surface area contributed by atoms with Gasteiger partial charge < -0.3 is 15.2 Å². The number of halogens is 6. The molecule has 4 aromatic rings. The zero-order valence-corrected chi connectivity index (χ0v) is 19.0. The number of alkyl halides is 6. The molecule has 4 rings (SSSR count). The number of hydrogen-bond donors (Lipinski definition) is 2. The summed E-state index contributed by atoms with van der Waals surface area (Å²) < 4.78 is 85.7. The molecule has 2 N–H and O–H groups in total. The number of pyridine rings is 1. The Morgan fingerprint density at radius 2 is 1.57 bits per heavy atom. The molecule has 2 aromatic heterocycles. The van der Waals surface area contributed by atoms with E-state index >= 15 is 0 Å². The van der Waals surface area contributed by atoms with Gasteiger partial charge in [0.2, 0.25) is 0 Å². The molecule has 1 atom stereocenters. The summed E-state index contributed by atoms with van der Waals surface area (Å²) >= 11 is 0. The normalized spacial score (nSPS) is 12.7. The van der Waals surface area contributed by atoms with E-state index in [4.69, 9.17) is 4.52 Å². The standard InChI is InChI=1S/C25H18F6N4O2/c1-14-19(22(37-35-14)16-6-3-2-4-7-16)33-23(36)34-20(15-9-11-17(12-10-15)24(26,27)28)21-18(25(29,30)31)8-5-13-32-21/h2-13,20H,1H3,(H2,33,34,36)/t20-/m0/s1. The van der Waals surface area contributed by atoms with Crippen LogP contribution in [0.15, 0.2) is 77.4 Å². The molecule has 0 fully saturated rings. The van der Waals surface area contributed by atoms with Crippen LogP contribution < -0.4 is 10.6 Å². The summed E-state index contributed by atoms with van der Waals surface area (Å²) in [6.07, 6.45) is -8.39. The Morgan fingerprint density at radius 3 is 2.19 bits per heavy atom. The molecule has 0 aliphatic rings. The van der Waals surface area contributed by atoms with Crippen LogP contribution in [0.25, 0.3) is 11.3 Å². The second-order valence-corrected chi connectivity index (χ2v) is 7.92.